The van der Waals surface area contributed by atoms with E-state index in [2.05, 4.69) is 26.1 Å². The van der Waals surface area contributed by atoms with Crippen molar-refractivity contribution in [1.29, 1.82) is 0 Å². The second kappa shape index (κ2) is 7.11. The molecule has 1 aromatic rings. The number of hydrogen-bond acceptors (Lipinski definition) is 1. The molecular formula is C16H24F3N. The van der Waals surface area contributed by atoms with Crippen LogP contribution in [0.15, 0.2) is 18.2 Å². The molecule has 1 nitrogen and oxygen atoms in total. The smallest absolute Gasteiger partial charge is 0.316 e. The summed E-state index contributed by atoms with van der Waals surface area (Å²) in [5.74, 6) is 0.870. The summed E-state index contributed by atoms with van der Waals surface area (Å²) < 4.78 is 37.8. The maximum Gasteiger partial charge on any atom is 0.416 e. The van der Waals surface area contributed by atoms with Crippen molar-refractivity contribution < 1.29 is 13.2 Å². The Morgan fingerprint density at radius 2 is 1.80 bits per heavy atom. The Morgan fingerprint density at radius 3 is 2.30 bits per heavy atom. The summed E-state index contributed by atoms with van der Waals surface area (Å²) in [7, 11) is 0. The van der Waals surface area contributed by atoms with Gasteiger partial charge in [0.05, 0.1) is 5.56 Å². The molecule has 0 fully saturated rings. The summed E-state index contributed by atoms with van der Waals surface area (Å²) >= 11 is 0. The Bertz CT molecular complexity index is 424. The Balaban J connectivity index is 2.63. The molecular weight excluding hydrogens is 263 g/mol. The molecule has 1 unspecified atom stereocenters. The lowest BCUT2D eigenvalue weighted by molar-refractivity contribution is -0.137. The summed E-state index contributed by atoms with van der Waals surface area (Å²) in [5.41, 5.74) is 1.16. The molecule has 0 aromatic heterocycles. The Labute approximate surface area is 119 Å². The fourth-order valence-electron chi connectivity index (χ4n) is 2.27. The maximum atomic E-state index is 12.6. The van der Waals surface area contributed by atoms with Crippen LogP contribution in [0.5, 0.6) is 0 Å². The molecule has 0 aliphatic carbocycles. The van der Waals surface area contributed by atoms with Crippen molar-refractivity contribution in [2.24, 2.45) is 5.92 Å². The highest BCUT2D eigenvalue weighted by molar-refractivity contribution is 5.34. The fraction of sp³-hybridized carbons (Fsp3) is 0.625. The molecule has 0 saturated heterocycles. The fourth-order valence-corrected chi connectivity index (χ4v) is 2.27. The van der Waals surface area contributed by atoms with E-state index >= 15 is 0 Å². The molecule has 1 atom stereocenters. The Hall–Kier alpha value is -1.03. The van der Waals surface area contributed by atoms with Crippen molar-refractivity contribution in [1.82, 2.24) is 5.32 Å². The first kappa shape index (κ1) is 17.0. The van der Waals surface area contributed by atoms with Crippen LogP contribution in [-0.2, 0) is 6.18 Å². The summed E-state index contributed by atoms with van der Waals surface area (Å²) in [6.07, 6.45) is -3.33. The zero-order valence-electron chi connectivity index (χ0n) is 12.6. The molecule has 0 spiro atoms. The van der Waals surface area contributed by atoms with Crippen LogP contribution >= 0.6 is 0 Å². The van der Waals surface area contributed by atoms with E-state index in [0.29, 0.717) is 5.92 Å². The van der Waals surface area contributed by atoms with Crippen molar-refractivity contribution in [3.63, 3.8) is 0 Å². The third kappa shape index (κ3) is 5.16. The van der Waals surface area contributed by atoms with Gasteiger partial charge in [0, 0.05) is 0 Å². The maximum absolute atomic E-state index is 12.6. The average molecular weight is 287 g/mol. The zero-order chi connectivity index (χ0) is 15.3. The minimum Gasteiger partial charge on any atom is -0.316 e. The van der Waals surface area contributed by atoms with Gasteiger partial charge in [0.25, 0.3) is 0 Å². The first-order valence-electron chi connectivity index (χ1n) is 7.10. The SMILES string of the molecule is Cc1cc(C(F)(F)F)ccc1C(C)CCNCC(C)C. The second-order valence-electron chi connectivity index (χ2n) is 5.86. The van der Waals surface area contributed by atoms with E-state index in [9.17, 15) is 13.2 Å². The summed E-state index contributed by atoms with van der Waals surface area (Å²) in [5, 5.41) is 3.36. The van der Waals surface area contributed by atoms with Gasteiger partial charge in [-0.1, -0.05) is 26.8 Å². The third-order valence-corrected chi connectivity index (χ3v) is 3.43. The number of halogens is 3. The molecule has 1 aromatic carbocycles. The van der Waals surface area contributed by atoms with Crippen LogP contribution in [0.25, 0.3) is 0 Å². The predicted molar refractivity (Wildman–Crippen MR) is 76.9 cm³/mol. The lowest BCUT2D eigenvalue weighted by Gasteiger charge is -2.17. The molecule has 0 heterocycles. The van der Waals surface area contributed by atoms with E-state index < -0.39 is 11.7 Å². The number of alkyl halides is 3. The zero-order valence-corrected chi connectivity index (χ0v) is 12.6. The van der Waals surface area contributed by atoms with Gasteiger partial charge >= 0.3 is 6.18 Å². The highest BCUT2D eigenvalue weighted by Crippen LogP contribution is 2.32. The minimum atomic E-state index is -4.26. The number of hydrogen-bond donors (Lipinski definition) is 1. The molecule has 0 radical (unpaired) electrons. The van der Waals surface area contributed by atoms with Gasteiger partial charge in [0.2, 0.25) is 0 Å². The van der Waals surface area contributed by atoms with Crippen LogP contribution in [-0.4, -0.2) is 13.1 Å². The highest BCUT2D eigenvalue weighted by atomic mass is 19.4. The third-order valence-electron chi connectivity index (χ3n) is 3.43. The highest BCUT2D eigenvalue weighted by Gasteiger charge is 2.30. The van der Waals surface area contributed by atoms with E-state index in [1.165, 1.54) is 12.1 Å². The van der Waals surface area contributed by atoms with E-state index in [-0.39, 0.29) is 5.92 Å². The minimum absolute atomic E-state index is 0.261. The molecule has 20 heavy (non-hydrogen) atoms. The number of aryl methyl sites for hydroxylation is 1. The first-order chi connectivity index (χ1) is 9.21. The summed E-state index contributed by atoms with van der Waals surface area (Å²) in [6.45, 7) is 9.97. The number of nitrogens with one attached hydrogen (secondary N) is 1. The lowest BCUT2D eigenvalue weighted by atomic mass is 9.92. The van der Waals surface area contributed by atoms with Gasteiger partial charge in [0.1, 0.15) is 0 Å². The monoisotopic (exact) mass is 287 g/mol. The van der Waals surface area contributed by atoms with Gasteiger partial charge in [-0.3, -0.25) is 0 Å². The lowest BCUT2D eigenvalue weighted by Crippen LogP contribution is -2.22. The van der Waals surface area contributed by atoms with Gasteiger partial charge in [-0.05, 0) is 61.5 Å². The molecule has 0 amide bonds. The van der Waals surface area contributed by atoms with Crippen LogP contribution in [0.4, 0.5) is 13.2 Å². The van der Waals surface area contributed by atoms with Gasteiger partial charge in [-0.25, -0.2) is 0 Å². The van der Waals surface area contributed by atoms with Crippen LogP contribution in [0, 0.1) is 12.8 Å². The van der Waals surface area contributed by atoms with Crippen molar-refractivity contribution in [3.8, 4) is 0 Å². The standard InChI is InChI=1S/C16H24F3N/c1-11(2)10-20-8-7-12(3)15-6-5-14(9-13(15)4)16(17,18)19/h5-6,9,11-12,20H,7-8,10H2,1-4H3. The molecule has 1 rings (SSSR count). The van der Waals surface area contributed by atoms with E-state index in [1.807, 2.05) is 0 Å². The van der Waals surface area contributed by atoms with Gasteiger partial charge in [-0.15, -0.1) is 0 Å². The second-order valence-corrected chi connectivity index (χ2v) is 5.86. The average Bonchev–Trinajstić information content (AvgIpc) is 2.32. The van der Waals surface area contributed by atoms with E-state index in [1.54, 1.807) is 13.0 Å². The number of benzene rings is 1. The normalized spacial score (nSPS) is 13.8. The van der Waals surface area contributed by atoms with Crippen LogP contribution < -0.4 is 5.32 Å². The van der Waals surface area contributed by atoms with Gasteiger partial charge in [-0.2, -0.15) is 13.2 Å². The Kier molecular flexibility index (Phi) is 6.06. The molecule has 1 N–H and O–H groups in total. The quantitative estimate of drug-likeness (QED) is 0.744. The largest absolute Gasteiger partial charge is 0.416 e. The molecule has 0 aliphatic heterocycles. The van der Waals surface area contributed by atoms with Crippen LogP contribution in [0.3, 0.4) is 0 Å². The first-order valence-corrected chi connectivity index (χ1v) is 7.10. The number of rotatable bonds is 6. The van der Waals surface area contributed by atoms with Crippen molar-refractivity contribution in [2.45, 2.75) is 46.2 Å². The summed E-state index contributed by atoms with van der Waals surface area (Å²) in [6, 6.07) is 4.04. The van der Waals surface area contributed by atoms with Crippen molar-refractivity contribution >= 4 is 0 Å². The Morgan fingerprint density at radius 1 is 1.15 bits per heavy atom. The van der Waals surface area contributed by atoms with Gasteiger partial charge in [0.15, 0.2) is 0 Å². The predicted octanol–water partition coefficient (Wildman–Crippen LogP) is 4.75. The van der Waals surface area contributed by atoms with Crippen molar-refractivity contribution in [2.75, 3.05) is 13.1 Å². The van der Waals surface area contributed by atoms with Crippen LogP contribution in [0.1, 0.15) is 49.8 Å². The summed E-state index contributed by atoms with van der Waals surface area (Å²) in [4.78, 5) is 0. The van der Waals surface area contributed by atoms with Gasteiger partial charge < -0.3 is 5.32 Å². The molecule has 0 aliphatic rings. The molecule has 4 heteroatoms. The molecule has 0 bridgehead atoms. The van der Waals surface area contributed by atoms with Crippen molar-refractivity contribution in [3.05, 3.63) is 34.9 Å². The molecule has 0 saturated carbocycles. The van der Waals surface area contributed by atoms with Crippen LogP contribution in [0.2, 0.25) is 0 Å². The molecule has 114 valence electrons. The van der Waals surface area contributed by atoms with E-state index in [0.717, 1.165) is 30.6 Å². The topological polar surface area (TPSA) is 12.0 Å². The van der Waals surface area contributed by atoms with E-state index in [4.69, 9.17) is 0 Å².